The predicted molar refractivity (Wildman–Crippen MR) is 15.4 cm³/mol. The summed E-state index contributed by atoms with van der Waals surface area (Å²) < 4.78 is 8.88. The van der Waals surface area contributed by atoms with Gasteiger partial charge in [-0.15, -0.1) is 0 Å². The van der Waals surface area contributed by atoms with Crippen LogP contribution >= 0.6 is 7.82 Å². The summed E-state index contributed by atoms with van der Waals surface area (Å²) in [5, 5.41) is 0. The van der Waals surface area contributed by atoms with Crippen molar-refractivity contribution in [1.29, 1.82) is 0 Å². The van der Waals surface area contributed by atoms with Gasteiger partial charge in [-0.1, -0.05) is 0 Å². The first kappa shape index (κ1) is 16.6. The van der Waals surface area contributed by atoms with Crippen LogP contribution < -0.4 is 51.4 Å². The summed E-state index contributed by atoms with van der Waals surface area (Å²) in [6, 6.07) is 0. The monoisotopic (exact) mass is 280 g/mol. The van der Waals surface area contributed by atoms with Crippen molar-refractivity contribution in [1.82, 2.24) is 0 Å². The minimum absolute atomic E-state index is 0. The van der Waals surface area contributed by atoms with Crippen LogP contribution in [0.1, 0.15) is 1.43 Å². The van der Waals surface area contributed by atoms with E-state index in [1.54, 1.807) is 0 Å². The number of hydrogen-bond acceptors (Lipinski definition) is 1. The maximum absolute atomic E-state index is 8.88. The maximum Gasteiger partial charge on any atom is 1.00 e. The van der Waals surface area contributed by atoms with Crippen LogP contribution in [0.5, 0.6) is 0 Å². The molecule has 0 aromatic rings. The topological polar surface area (TPSA) is 77.8 Å². The summed E-state index contributed by atoms with van der Waals surface area (Å²) in [7, 11) is -4.64. The van der Waals surface area contributed by atoms with Gasteiger partial charge in [0.2, 0.25) is 0 Å². The molecule has 0 aliphatic heterocycles. The molecule has 0 saturated carbocycles. The third kappa shape index (κ3) is 47.8. The molecule has 7 heteroatoms. The Bertz CT molecular complexity index is 62.2. The van der Waals surface area contributed by atoms with Gasteiger partial charge in [-0.2, -0.15) is 0 Å². The molecule has 0 aliphatic carbocycles. The Balaban J connectivity index is -0.0000000267. The molecule has 0 unspecified atom stereocenters. The summed E-state index contributed by atoms with van der Waals surface area (Å²) in [5.74, 6) is 0. The van der Waals surface area contributed by atoms with Crippen molar-refractivity contribution in [3.63, 3.8) is 0 Å². The van der Waals surface area contributed by atoms with E-state index < -0.39 is 7.82 Å². The molecular weight excluding hydrogens is 278 g/mol. The molecule has 0 spiro atoms. The van der Waals surface area contributed by atoms with Crippen LogP contribution in [-0.4, -0.2) is 14.7 Å². The van der Waals surface area contributed by atoms with Gasteiger partial charge >= 0.3 is 59.2 Å². The molecule has 0 bridgehead atoms. The number of hydrogen-bond donors (Lipinski definition) is 3. The molecule has 0 amide bonds. The van der Waals surface area contributed by atoms with E-state index in [4.69, 9.17) is 19.2 Å². The fraction of sp³-hybridized carbons (Fsp3) is 0. The van der Waals surface area contributed by atoms with Crippen LogP contribution in [0, 0.1) is 40.8 Å². The largest absolute Gasteiger partial charge is 1.00 e. The Labute approximate surface area is 118 Å². The SMILES string of the molecule is O=P(O)(O)O.[H-].[K+].[Nd]. The fourth-order valence-electron chi connectivity index (χ4n) is 0. The first-order valence-corrected chi connectivity index (χ1v) is 2.35. The standard InChI is InChI=1S/K.Nd.H3O4P.H/c;;1-5(2,3)4;/h;;(H3,1,2,3,4);/q+1;;;-1. The van der Waals surface area contributed by atoms with Crippen LogP contribution in [0.3, 0.4) is 0 Å². The van der Waals surface area contributed by atoms with Crippen molar-refractivity contribution in [2.75, 3.05) is 0 Å². The zero-order chi connectivity index (χ0) is 4.50. The number of phosphoric acid groups is 1. The molecule has 4 nitrogen and oxygen atoms in total. The van der Waals surface area contributed by atoms with Gasteiger partial charge in [-0.25, -0.2) is 4.57 Å². The van der Waals surface area contributed by atoms with Crippen LogP contribution in [0.4, 0.5) is 0 Å². The maximum atomic E-state index is 8.88. The van der Waals surface area contributed by atoms with E-state index in [2.05, 4.69) is 0 Å². The Morgan fingerprint density at radius 2 is 1.29 bits per heavy atom. The predicted octanol–water partition coefficient (Wildman–Crippen LogP) is -3.81. The van der Waals surface area contributed by atoms with Crippen molar-refractivity contribution in [3.05, 3.63) is 0 Å². The van der Waals surface area contributed by atoms with Crippen LogP contribution in [0.25, 0.3) is 0 Å². The Morgan fingerprint density at radius 3 is 1.29 bits per heavy atom. The van der Waals surface area contributed by atoms with Crippen LogP contribution in [-0.2, 0) is 4.57 Å². The summed E-state index contributed by atoms with van der Waals surface area (Å²) in [4.78, 5) is 21.6. The summed E-state index contributed by atoms with van der Waals surface area (Å²) in [6.45, 7) is 0. The first-order chi connectivity index (χ1) is 2.00. The third-order valence-electron chi connectivity index (χ3n) is 0. The summed E-state index contributed by atoms with van der Waals surface area (Å²) in [5.41, 5.74) is 0. The van der Waals surface area contributed by atoms with Crippen molar-refractivity contribution in [2.45, 2.75) is 0 Å². The summed E-state index contributed by atoms with van der Waals surface area (Å²) >= 11 is 0. The van der Waals surface area contributed by atoms with Crippen molar-refractivity contribution < 1.29 is 113 Å². The Kier molecular flexibility index (Phi) is 17.1. The molecule has 0 aliphatic rings. The minimum Gasteiger partial charge on any atom is -1.00 e. The minimum atomic E-state index is -4.64. The van der Waals surface area contributed by atoms with Gasteiger partial charge in [0.15, 0.2) is 0 Å². The molecule has 0 fully saturated rings. The van der Waals surface area contributed by atoms with E-state index in [1.807, 2.05) is 0 Å². The van der Waals surface area contributed by atoms with Crippen LogP contribution in [0.15, 0.2) is 0 Å². The summed E-state index contributed by atoms with van der Waals surface area (Å²) in [6.07, 6.45) is 0. The van der Waals surface area contributed by atoms with Crippen molar-refractivity contribution >= 4 is 7.82 Å². The zero-order valence-electron chi connectivity index (χ0n) is 4.70. The molecule has 7 heavy (non-hydrogen) atoms. The van der Waals surface area contributed by atoms with Gasteiger partial charge in [0.05, 0.1) is 0 Å². The van der Waals surface area contributed by atoms with Gasteiger partial charge in [0, 0.05) is 40.8 Å². The van der Waals surface area contributed by atoms with Crippen LogP contribution in [0.2, 0.25) is 0 Å². The molecule has 0 rings (SSSR count). The molecule has 3 N–H and O–H groups in total. The molecule has 0 radical (unpaired) electrons. The van der Waals surface area contributed by atoms with Crippen molar-refractivity contribution in [2.24, 2.45) is 0 Å². The molecule has 0 saturated heterocycles. The molecule has 0 aromatic heterocycles. The second kappa shape index (κ2) is 7.21. The number of rotatable bonds is 0. The van der Waals surface area contributed by atoms with Gasteiger partial charge in [0.1, 0.15) is 0 Å². The average Bonchev–Trinajstić information content (AvgIpc) is 0.722. The van der Waals surface area contributed by atoms with E-state index >= 15 is 0 Å². The fourth-order valence-corrected chi connectivity index (χ4v) is 0. The van der Waals surface area contributed by atoms with Gasteiger partial charge < -0.3 is 16.1 Å². The third-order valence-corrected chi connectivity index (χ3v) is 0. The molecule has 0 atom stereocenters. The van der Waals surface area contributed by atoms with Gasteiger partial charge in [0.25, 0.3) is 0 Å². The smallest absolute Gasteiger partial charge is 1.00 e. The first-order valence-electron chi connectivity index (χ1n) is 0.783. The second-order valence-corrected chi connectivity index (χ2v) is 1.54. The second-order valence-electron chi connectivity index (χ2n) is 0.513. The van der Waals surface area contributed by atoms with Gasteiger partial charge in [-0.05, 0) is 0 Å². The Morgan fingerprint density at radius 1 is 1.29 bits per heavy atom. The van der Waals surface area contributed by atoms with E-state index in [0.717, 1.165) is 0 Å². The quantitative estimate of drug-likeness (QED) is 0.314. The molecule has 0 aromatic carbocycles. The average molecular weight is 282 g/mol. The molecule has 38 valence electrons. The van der Waals surface area contributed by atoms with E-state index in [1.165, 1.54) is 0 Å². The molecule has 0 heterocycles. The van der Waals surface area contributed by atoms with E-state index in [9.17, 15) is 0 Å². The molecular formula is H4KNdO4P. The normalized spacial score (nSPS) is 8.43. The van der Waals surface area contributed by atoms with Crippen molar-refractivity contribution in [3.8, 4) is 0 Å². The van der Waals surface area contributed by atoms with Gasteiger partial charge in [-0.3, -0.25) is 0 Å². The Hall–Kier alpha value is 3.10. The zero-order valence-corrected chi connectivity index (χ0v) is 10.9. The van der Waals surface area contributed by atoms with E-state index in [-0.39, 0.29) is 93.6 Å². The van der Waals surface area contributed by atoms with E-state index in [0.29, 0.717) is 0 Å².